The lowest BCUT2D eigenvalue weighted by Gasteiger charge is -2.24. The van der Waals surface area contributed by atoms with E-state index in [0.29, 0.717) is 35.8 Å². The zero-order chi connectivity index (χ0) is 18.5. The van der Waals surface area contributed by atoms with Crippen molar-refractivity contribution in [1.82, 2.24) is 0 Å². The quantitative estimate of drug-likeness (QED) is 0.733. The SMILES string of the molecule is O=C(CCCCl)Nc1cccc(C2SCC(=O)N2c2ccc(F)cc2)c1. The smallest absolute Gasteiger partial charge is 0.238 e. The first-order valence-electron chi connectivity index (χ1n) is 8.23. The summed E-state index contributed by atoms with van der Waals surface area (Å²) in [6, 6.07) is 13.3. The van der Waals surface area contributed by atoms with Crippen LogP contribution in [0.3, 0.4) is 0 Å². The molecule has 2 aromatic rings. The van der Waals surface area contributed by atoms with E-state index in [4.69, 9.17) is 11.6 Å². The lowest BCUT2D eigenvalue weighted by atomic mass is 10.1. The van der Waals surface area contributed by atoms with Crippen LogP contribution in [-0.4, -0.2) is 23.4 Å². The molecule has 1 fully saturated rings. The molecular formula is C19H18ClFN2O2S. The summed E-state index contributed by atoms with van der Waals surface area (Å²) in [4.78, 5) is 25.9. The van der Waals surface area contributed by atoms with Crippen LogP contribution in [0.15, 0.2) is 48.5 Å². The van der Waals surface area contributed by atoms with Crippen LogP contribution in [-0.2, 0) is 9.59 Å². The number of anilines is 2. The Morgan fingerprint density at radius 3 is 2.77 bits per heavy atom. The molecule has 1 aliphatic rings. The van der Waals surface area contributed by atoms with Crippen molar-refractivity contribution in [3.05, 3.63) is 59.9 Å². The van der Waals surface area contributed by atoms with Crippen LogP contribution in [0.2, 0.25) is 0 Å². The van der Waals surface area contributed by atoms with Crippen molar-refractivity contribution in [2.45, 2.75) is 18.2 Å². The summed E-state index contributed by atoms with van der Waals surface area (Å²) in [5.74, 6) is 0.345. The molecule has 3 rings (SSSR count). The molecule has 1 aliphatic heterocycles. The van der Waals surface area contributed by atoms with Crippen molar-refractivity contribution in [2.75, 3.05) is 21.8 Å². The van der Waals surface area contributed by atoms with Crippen molar-refractivity contribution in [1.29, 1.82) is 0 Å². The van der Waals surface area contributed by atoms with Gasteiger partial charge in [-0.1, -0.05) is 12.1 Å². The molecule has 1 atom stereocenters. The van der Waals surface area contributed by atoms with Crippen LogP contribution < -0.4 is 10.2 Å². The second kappa shape index (κ2) is 8.56. The summed E-state index contributed by atoms with van der Waals surface area (Å²) < 4.78 is 13.2. The van der Waals surface area contributed by atoms with E-state index in [1.807, 2.05) is 24.3 Å². The van der Waals surface area contributed by atoms with Gasteiger partial charge in [0, 0.05) is 23.7 Å². The molecular weight excluding hydrogens is 375 g/mol. The van der Waals surface area contributed by atoms with Gasteiger partial charge in [-0.15, -0.1) is 23.4 Å². The van der Waals surface area contributed by atoms with Gasteiger partial charge in [-0.25, -0.2) is 4.39 Å². The third-order valence-electron chi connectivity index (χ3n) is 3.97. The first-order chi connectivity index (χ1) is 12.6. The fraction of sp³-hybridized carbons (Fsp3) is 0.263. The number of nitrogens with zero attached hydrogens (tertiary/aromatic N) is 1. The van der Waals surface area contributed by atoms with Crippen molar-refractivity contribution in [3.8, 4) is 0 Å². The number of halogens is 2. The third kappa shape index (κ3) is 4.37. The van der Waals surface area contributed by atoms with E-state index in [2.05, 4.69) is 5.32 Å². The van der Waals surface area contributed by atoms with Gasteiger partial charge in [0.1, 0.15) is 11.2 Å². The Morgan fingerprint density at radius 1 is 1.27 bits per heavy atom. The van der Waals surface area contributed by atoms with E-state index in [9.17, 15) is 14.0 Å². The minimum atomic E-state index is -0.341. The topological polar surface area (TPSA) is 49.4 Å². The normalized spacial score (nSPS) is 16.8. The Balaban J connectivity index is 1.81. The maximum atomic E-state index is 13.2. The molecule has 0 radical (unpaired) electrons. The maximum absolute atomic E-state index is 13.2. The van der Waals surface area contributed by atoms with Gasteiger partial charge < -0.3 is 5.32 Å². The van der Waals surface area contributed by atoms with E-state index in [-0.39, 0.29) is 23.0 Å². The second-order valence-electron chi connectivity index (χ2n) is 5.87. The minimum Gasteiger partial charge on any atom is -0.326 e. The zero-order valence-corrected chi connectivity index (χ0v) is 15.5. The fourth-order valence-electron chi connectivity index (χ4n) is 2.77. The standard InChI is InChI=1S/C19H18ClFN2O2S/c20-10-2-5-17(24)22-15-4-1-3-13(11-15)19-23(18(25)12-26-19)16-8-6-14(21)7-9-16/h1,3-4,6-9,11,19H,2,5,10,12H2,(H,22,24). The summed E-state index contributed by atoms with van der Waals surface area (Å²) in [5, 5.41) is 2.64. The molecule has 0 aliphatic carbocycles. The van der Waals surface area contributed by atoms with Gasteiger partial charge >= 0.3 is 0 Å². The van der Waals surface area contributed by atoms with Crippen molar-refractivity contribution in [2.24, 2.45) is 0 Å². The summed E-state index contributed by atoms with van der Waals surface area (Å²) in [6.45, 7) is 0. The number of carbonyl (C=O) groups is 2. The molecule has 4 nitrogen and oxygen atoms in total. The average molecular weight is 393 g/mol. The molecule has 1 unspecified atom stereocenters. The van der Waals surface area contributed by atoms with E-state index in [1.165, 1.54) is 23.9 Å². The monoisotopic (exact) mass is 392 g/mol. The molecule has 0 spiro atoms. The predicted molar refractivity (Wildman–Crippen MR) is 104 cm³/mol. The van der Waals surface area contributed by atoms with E-state index in [0.717, 1.165) is 5.56 Å². The molecule has 1 saturated heterocycles. The number of alkyl halides is 1. The lowest BCUT2D eigenvalue weighted by Crippen LogP contribution is -2.27. The van der Waals surface area contributed by atoms with Crippen LogP contribution in [0.1, 0.15) is 23.8 Å². The number of nitrogens with one attached hydrogen (secondary N) is 1. The summed E-state index contributed by atoms with van der Waals surface area (Å²) in [6.07, 6.45) is 0.991. The highest BCUT2D eigenvalue weighted by atomic mass is 35.5. The number of thioether (sulfide) groups is 1. The molecule has 0 saturated carbocycles. The molecule has 1 N–H and O–H groups in total. The minimum absolute atomic E-state index is 0.0249. The fourth-order valence-corrected chi connectivity index (χ4v) is 4.07. The van der Waals surface area contributed by atoms with E-state index in [1.54, 1.807) is 17.0 Å². The Bertz CT molecular complexity index is 800. The highest BCUT2D eigenvalue weighted by Gasteiger charge is 2.34. The maximum Gasteiger partial charge on any atom is 0.238 e. The Hall–Kier alpha value is -2.05. The molecule has 0 bridgehead atoms. The largest absolute Gasteiger partial charge is 0.326 e. The van der Waals surface area contributed by atoms with Crippen LogP contribution in [0.5, 0.6) is 0 Å². The van der Waals surface area contributed by atoms with Gasteiger partial charge in [-0.2, -0.15) is 0 Å². The second-order valence-corrected chi connectivity index (χ2v) is 7.32. The van der Waals surface area contributed by atoms with Gasteiger partial charge in [0.25, 0.3) is 0 Å². The molecule has 2 aromatic carbocycles. The first-order valence-corrected chi connectivity index (χ1v) is 9.82. The zero-order valence-electron chi connectivity index (χ0n) is 14.0. The van der Waals surface area contributed by atoms with Crippen LogP contribution in [0, 0.1) is 5.82 Å². The Kier molecular flexibility index (Phi) is 6.16. The molecule has 7 heteroatoms. The first kappa shape index (κ1) is 18.7. The number of benzene rings is 2. The van der Waals surface area contributed by atoms with Crippen molar-refractivity contribution >= 4 is 46.6 Å². The third-order valence-corrected chi connectivity index (χ3v) is 5.45. The number of hydrogen-bond acceptors (Lipinski definition) is 3. The van der Waals surface area contributed by atoms with Crippen LogP contribution >= 0.6 is 23.4 Å². The van der Waals surface area contributed by atoms with E-state index >= 15 is 0 Å². The Labute approximate surface area is 160 Å². The number of hydrogen-bond donors (Lipinski definition) is 1. The molecule has 1 heterocycles. The van der Waals surface area contributed by atoms with Gasteiger partial charge in [0.05, 0.1) is 5.75 Å². The molecule has 0 aromatic heterocycles. The molecule has 136 valence electrons. The predicted octanol–water partition coefficient (Wildman–Crippen LogP) is 4.56. The lowest BCUT2D eigenvalue weighted by molar-refractivity contribution is -0.116. The summed E-state index contributed by atoms with van der Waals surface area (Å²) in [7, 11) is 0. The van der Waals surface area contributed by atoms with Crippen LogP contribution in [0.4, 0.5) is 15.8 Å². The van der Waals surface area contributed by atoms with Gasteiger partial charge in [-0.3, -0.25) is 14.5 Å². The van der Waals surface area contributed by atoms with Gasteiger partial charge in [-0.05, 0) is 48.4 Å². The average Bonchev–Trinajstić information content (AvgIpc) is 3.02. The summed E-state index contributed by atoms with van der Waals surface area (Å²) in [5.41, 5.74) is 2.24. The Morgan fingerprint density at radius 2 is 2.04 bits per heavy atom. The van der Waals surface area contributed by atoms with Crippen LogP contribution in [0.25, 0.3) is 0 Å². The number of rotatable bonds is 6. The molecule has 2 amide bonds. The van der Waals surface area contributed by atoms with E-state index < -0.39 is 0 Å². The summed E-state index contributed by atoms with van der Waals surface area (Å²) >= 11 is 7.12. The van der Waals surface area contributed by atoms with Gasteiger partial charge in [0.15, 0.2) is 0 Å². The van der Waals surface area contributed by atoms with Crippen molar-refractivity contribution in [3.63, 3.8) is 0 Å². The van der Waals surface area contributed by atoms with Gasteiger partial charge in [0.2, 0.25) is 11.8 Å². The number of amides is 2. The highest BCUT2D eigenvalue weighted by Crippen LogP contribution is 2.42. The van der Waals surface area contributed by atoms with Crippen molar-refractivity contribution < 1.29 is 14.0 Å². The number of carbonyl (C=O) groups excluding carboxylic acids is 2. The molecule has 26 heavy (non-hydrogen) atoms. The highest BCUT2D eigenvalue weighted by molar-refractivity contribution is 8.00.